The van der Waals surface area contributed by atoms with Crippen LogP contribution < -0.4 is 10.6 Å². The summed E-state index contributed by atoms with van der Waals surface area (Å²) in [6.07, 6.45) is 7.41. The third-order valence-corrected chi connectivity index (χ3v) is 5.39. The van der Waals surface area contributed by atoms with Gasteiger partial charge in [-0.1, -0.05) is 6.42 Å². The first-order chi connectivity index (χ1) is 10.2. The summed E-state index contributed by atoms with van der Waals surface area (Å²) < 4.78 is 0. The van der Waals surface area contributed by atoms with Gasteiger partial charge in [-0.15, -0.1) is 0 Å². The van der Waals surface area contributed by atoms with E-state index in [-0.39, 0.29) is 0 Å². The third-order valence-electron chi connectivity index (χ3n) is 5.39. The van der Waals surface area contributed by atoms with Crippen LogP contribution in [0.5, 0.6) is 0 Å². The Bertz CT molecular complexity index is 669. The molecule has 2 bridgehead atoms. The van der Waals surface area contributed by atoms with Crippen molar-refractivity contribution in [2.24, 2.45) is 17.8 Å². The van der Waals surface area contributed by atoms with Gasteiger partial charge in [0.05, 0.1) is 5.52 Å². The highest BCUT2D eigenvalue weighted by atomic mass is 15.2. The summed E-state index contributed by atoms with van der Waals surface area (Å²) in [5.74, 6) is 3.81. The lowest BCUT2D eigenvalue weighted by Gasteiger charge is -2.28. The average Bonchev–Trinajstić information content (AvgIpc) is 3.08. The largest absolute Gasteiger partial charge is 0.399 e. The highest BCUT2D eigenvalue weighted by Crippen LogP contribution is 2.48. The van der Waals surface area contributed by atoms with Gasteiger partial charge in [0.1, 0.15) is 12.1 Å². The number of rotatable bonds is 3. The molecular weight excluding hydrogens is 260 g/mol. The minimum atomic E-state index is 0.753. The van der Waals surface area contributed by atoms with Crippen LogP contribution in [0.3, 0.4) is 0 Å². The second kappa shape index (κ2) is 4.86. The lowest BCUT2D eigenvalue weighted by molar-refractivity contribution is 0.337. The fourth-order valence-electron chi connectivity index (χ4n) is 4.40. The van der Waals surface area contributed by atoms with Crippen molar-refractivity contribution in [3.05, 3.63) is 24.5 Å². The molecule has 0 spiro atoms. The number of hydrogen-bond acceptors (Lipinski definition) is 4. The second-order valence-corrected chi connectivity index (χ2v) is 6.79. The second-order valence-electron chi connectivity index (χ2n) is 6.79. The number of aromatic nitrogens is 2. The van der Waals surface area contributed by atoms with Crippen molar-refractivity contribution < 1.29 is 0 Å². The molecular formula is C17H22N4. The molecule has 110 valence electrons. The van der Waals surface area contributed by atoms with E-state index in [1.807, 2.05) is 18.2 Å². The Morgan fingerprint density at radius 1 is 1.24 bits per heavy atom. The number of fused-ring (bicyclic) bond motifs is 3. The predicted molar refractivity (Wildman–Crippen MR) is 86.2 cm³/mol. The Kier molecular flexibility index (Phi) is 2.98. The quantitative estimate of drug-likeness (QED) is 0.879. The molecule has 21 heavy (non-hydrogen) atoms. The van der Waals surface area contributed by atoms with Gasteiger partial charge in [0.15, 0.2) is 0 Å². The molecule has 2 aliphatic carbocycles. The normalized spacial score (nSPS) is 27.4. The third kappa shape index (κ3) is 2.23. The number of nitrogens with two attached hydrogens (primary N) is 1. The Balaban J connectivity index is 1.60. The number of nitrogens with zero attached hydrogens (tertiary/aromatic N) is 3. The zero-order valence-corrected chi connectivity index (χ0v) is 12.5. The van der Waals surface area contributed by atoms with Crippen LogP contribution in [0, 0.1) is 17.8 Å². The first-order valence-corrected chi connectivity index (χ1v) is 7.92. The fraction of sp³-hybridized carbons (Fsp3) is 0.529. The van der Waals surface area contributed by atoms with Gasteiger partial charge in [-0.3, -0.25) is 0 Å². The molecule has 2 fully saturated rings. The number of nitrogen functional groups attached to an aromatic ring is 1. The van der Waals surface area contributed by atoms with E-state index >= 15 is 0 Å². The first kappa shape index (κ1) is 12.9. The highest BCUT2D eigenvalue weighted by molar-refractivity contribution is 5.91. The Morgan fingerprint density at radius 3 is 2.90 bits per heavy atom. The van der Waals surface area contributed by atoms with Gasteiger partial charge >= 0.3 is 0 Å². The van der Waals surface area contributed by atoms with Crippen LogP contribution in [0.25, 0.3) is 10.9 Å². The molecule has 0 radical (unpaired) electrons. The number of benzene rings is 1. The van der Waals surface area contributed by atoms with Gasteiger partial charge < -0.3 is 10.6 Å². The van der Waals surface area contributed by atoms with E-state index in [4.69, 9.17) is 5.73 Å². The molecule has 3 atom stereocenters. The molecule has 4 rings (SSSR count). The highest BCUT2D eigenvalue weighted by Gasteiger charge is 2.39. The molecule has 0 saturated heterocycles. The summed E-state index contributed by atoms with van der Waals surface area (Å²) >= 11 is 0. The molecule has 1 aromatic carbocycles. The van der Waals surface area contributed by atoms with Gasteiger partial charge in [-0.2, -0.15) is 0 Å². The van der Waals surface area contributed by atoms with Crippen molar-refractivity contribution in [3.8, 4) is 0 Å². The lowest BCUT2D eigenvalue weighted by Crippen LogP contribution is -2.29. The molecule has 1 heterocycles. The fourth-order valence-corrected chi connectivity index (χ4v) is 4.40. The van der Waals surface area contributed by atoms with E-state index in [1.165, 1.54) is 25.7 Å². The molecule has 2 saturated carbocycles. The van der Waals surface area contributed by atoms with Gasteiger partial charge in [-0.05, 0) is 55.2 Å². The summed E-state index contributed by atoms with van der Waals surface area (Å²) in [4.78, 5) is 11.2. The minimum Gasteiger partial charge on any atom is -0.399 e. The minimum absolute atomic E-state index is 0.753. The van der Waals surface area contributed by atoms with Crippen molar-refractivity contribution in [2.45, 2.75) is 25.7 Å². The van der Waals surface area contributed by atoms with Crippen LogP contribution in [-0.2, 0) is 0 Å². The molecule has 2 aromatic rings. The summed E-state index contributed by atoms with van der Waals surface area (Å²) in [5.41, 5.74) is 7.53. The van der Waals surface area contributed by atoms with Crippen molar-refractivity contribution in [2.75, 3.05) is 24.2 Å². The van der Waals surface area contributed by atoms with Crippen molar-refractivity contribution >= 4 is 22.4 Å². The zero-order chi connectivity index (χ0) is 14.4. The van der Waals surface area contributed by atoms with Gasteiger partial charge in [0.2, 0.25) is 0 Å². The molecule has 0 amide bonds. The molecule has 4 nitrogen and oxygen atoms in total. The smallest absolute Gasteiger partial charge is 0.139 e. The predicted octanol–water partition coefficient (Wildman–Crippen LogP) is 3.08. The van der Waals surface area contributed by atoms with Crippen LogP contribution in [0.4, 0.5) is 11.5 Å². The van der Waals surface area contributed by atoms with Crippen LogP contribution in [0.1, 0.15) is 25.7 Å². The van der Waals surface area contributed by atoms with E-state index in [9.17, 15) is 0 Å². The van der Waals surface area contributed by atoms with Crippen LogP contribution in [0.15, 0.2) is 24.5 Å². The summed E-state index contributed by atoms with van der Waals surface area (Å²) in [5, 5.41) is 1.09. The topological polar surface area (TPSA) is 55.0 Å². The maximum Gasteiger partial charge on any atom is 0.139 e. The standard InChI is InChI=1S/C17H22N4/c1-21(9-13-7-11-2-3-12(13)6-11)17-15-5-4-14(18)8-16(15)19-10-20-17/h4-5,8,10-13H,2-3,6-7,9,18H2,1H3. The van der Waals surface area contributed by atoms with Crippen molar-refractivity contribution in [1.29, 1.82) is 0 Å². The number of hydrogen-bond donors (Lipinski definition) is 1. The molecule has 4 heteroatoms. The zero-order valence-electron chi connectivity index (χ0n) is 12.5. The van der Waals surface area contributed by atoms with E-state index in [0.717, 1.165) is 46.7 Å². The van der Waals surface area contributed by atoms with Crippen molar-refractivity contribution in [1.82, 2.24) is 9.97 Å². The number of anilines is 2. The average molecular weight is 282 g/mol. The van der Waals surface area contributed by atoms with Gasteiger partial charge in [0.25, 0.3) is 0 Å². The molecule has 2 N–H and O–H groups in total. The molecule has 1 aromatic heterocycles. The van der Waals surface area contributed by atoms with Crippen LogP contribution in [0.2, 0.25) is 0 Å². The van der Waals surface area contributed by atoms with E-state index in [0.29, 0.717) is 0 Å². The summed E-state index contributed by atoms with van der Waals surface area (Å²) in [7, 11) is 2.16. The maximum atomic E-state index is 5.85. The Hall–Kier alpha value is -1.84. The first-order valence-electron chi connectivity index (χ1n) is 7.92. The van der Waals surface area contributed by atoms with Gasteiger partial charge in [-0.25, -0.2) is 9.97 Å². The summed E-state index contributed by atoms with van der Waals surface area (Å²) in [6.45, 7) is 1.11. The van der Waals surface area contributed by atoms with Crippen LogP contribution in [-0.4, -0.2) is 23.6 Å². The SMILES string of the molecule is CN(CC1CC2CCC1C2)c1ncnc2cc(N)ccc12. The van der Waals surface area contributed by atoms with E-state index in [2.05, 4.69) is 21.9 Å². The summed E-state index contributed by atoms with van der Waals surface area (Å²) in [6, 6.07) is 5.89. The Morgan fingerprint density at radius 2 is 2.14 bits per heavy atom. The monoisotopic (exact) mass is 282 g/mol. The van der Waals surface area contributed by atoms with E-state index in [1.54, 1.807) is 6.33 Å². The molecule has 3 unspecified atom stereocenters. The molecule has 2 aliphatic rings. The van der Waals surface area contributed by atoms with Crippen LogP contribution >= 0.6 is 0 Å². The lowest BCUT2D eigenvalue weighted by atomic mass is 9.88. The van der Waals surface area contributed by atoms with Gasteiger partial charge in [0, 0.05) is 24.7 Å². The maximum absolute atomic E-state index is 5.85. The molecule has 0 aliphatic heterocycles. The van der Waals surface area contributed by atoms with Crippen molar-refractivity contribution in [3.63, 3.8) is 0 Å². The Labute approximate surface area is 125 Å². The van der Waals surface area contributed by atoms with E-state index < -0.39 is 0 Å².